The largest absolute Gasteiger partial charge is 0.456 e. The van der Waals surface area contributed by atoms with Crippen molar-refractivity contribution < 1.29 is 4.42 Å². The molecular weight excluding hydrogens is 236 g/mol. The first-order valence-electron chi connectivity index (χ1n) is 6.55. The summed E-state index contributed by atoms with van der Waals surface area (Å²) in [6.07, 6.45) is 1.95. The van der Waals surface area contributed by atoms with E-state index in [9.17, 15) is 0 Å². The van der Waals surface area contributed by atoms with Gasteiger partial charge in [-0.05, 0) is 17.7 Å². The van der Waals surface area contributed by atoms with Crippen LogP contribution in [0.2, 0.25) is 0 Å². The van der Waals surface area contributed by atoms with Gasteiger partial charge < -0.3 is 9.32 Å². The van der Waals surface area contributed by atoms with Gasteiger partial charge in [0, 0.05) is 23.9 Å². The molecule has 0 bridgehead atoms. The number of nitrogens with zero attached hydrogens (tertiary/aromatic N) is 2. The Kier molecular flexibility index (Phi) is 2.30. The minimum Gasteiger partial charge on any atom is -0.456 e. The van der Waals surface area contributed by atoms with Crippen LogP contribution in [0.4, 0.5) is 0 Å². The van der Waals surface area contributed by atoms with Crippen LogP contribution in [0, 0.1) is 0 Å². The third-order valence-corrected chi connectivity index (χ3v) is 3.62. The normalized spacial score (nSPS) is 14.8. The summed E-state index contributed by atoms with van der Waals surface area (Å²) in [5, 5.41) is 2.43. The third-order valence-electron chi connectivity index (χ3n) is 3.62. The fourth-order valence-electron chi connectivity index (χ4n) is 2.74. The Morgan fingerprint density at radius 3 is 2.84 bits per heavy atom. The summed E-state index contributed by atoms with van der Waals surface area (Å²) in [6.45, 7) is 2.80. The predicted molar refractivity (Wildman–Crippen MR) is 77.5 cm³/mol. The van der Waals surface area contributed by atoms with Crippen LogP contribution in [0.25, 0.3) is 21.9 Å². The molecule has 3 nitrogen and oxygen atoms in total. The molecule has 19 heavy (non-hydrogen) atoms. The minimum atomic E-state index is 0.893. The van der Waals surface area contributed by atoms with E-state index in [1.807, 2.05) is 24.5 Å². The molecule has 0 spiro atoms. The summed E-state index contributed by atoms with van der Waals surface area (Å²) >= 11 is 0. The molecule has 94 valence electrons. The number of hydrogen-bond acceptors (Lipinski definition) is 3. The molecule has 2 aromatic carbocycles. The Hall–Kier alpha value is -2.29. The zero-order chi connectivity index (χ0) is 12.7. The van der Waals surface area contributed by atoms with Gasteiger partial charge in [0.2, 0.25) is 0 Å². The minimum absolute atomic E-state index is 0.893. The monoisotopic (exact) mass is 250 g/mol. The maximum atomic E-state index is 5.91. The number of furan rings is 1. The van der Waals surface area contributed by atoms with Crippen LogP contribution < -0.4 is 0 Å². The van der Waals surface area contributed by atoms with Gasteiger partial charge >= 0.3 is 0 Å². The molecule has 0 saturated heterocycles. The highest BCUT2D eigenvalue weighted by Gasteiger charge is 2.13. The van der Waals surface area contributed by atoms with Crippen LogP contribution in [-0.4, -0.2) is 24.3 Å². The lowest BCUT2D eigenvalue weighted by molar-refractivity contribution is 0.465. The highest BCUT2D eigenvalue weighted by atomic mass is 16.3. The van der Waals surface area contributed by atoms with E-state index in [-0.39, 0.29) is 0 Å². The maximum Gasteiger partial charge on any atom is 0.135 e. The number of aliphatic imine (C=N–C) groups is 1. The molecule has 0 aliphatic carbocycles. The molecule has 4 rings (SSSR count). The Balaban J connectivity index is 1.91. The number of benzene rings is 2. The van der Waals surface area contributed by atoms with Crippen molar-refractivity contribution in [2.75, 3.05) is 13.1 Å². The Bertz CT molecular complexity index is 773. The van der Waals surface area contributed by atoms with E-state index in [0.29, 0.717) is 0 Å². The predicted octanol–water partition coefficient (Wildman–Crippen LogP) is 3.43. The van der Waals surface area contributed by atoms with Crippen molar-refractivity contribution in [3.8, 4) is 0 Å². The lowest BCUT2D eigenvalue weighted by Gasteiger charge is -2.14. The summed E-state index contributed by atoms with van der Waals surface area (Å²) in [7, 11) is 0. The van der Waals surface area contributed by atoms with Crippen molar-refractivity contribution >= 4 is 28.3 Å². The van der Waals surface area contributed by atoms with Crippen molar-refractivity contribution in [3.05, 3.63) is 48.0 Å². The topological polar surface area (TPSA) is 28.7 Å². The van der Waals surface area contributed by atoms with Crippen LogP contribution in [0.15, 0.2) is 51.9 Å². The molecule has 0 fully saturated rings. The smallest absolute Gasteiger partial charge is 0.135 e. The average Bonchev–Trinajstić information content (AvgIpc) is 3.05. The lowest BCUT2D eigenvalue weighted by Crippen LogP contribution is -2.18. The molecule has 0 amide bonds. The van der Waals surface area contributed by atoms with Gasteiger partial charge in [0.1, 0.15) is 11.2 Å². The number of fused-ring (bicyclic) bond motifs is 3. The van der Waals surface area contributed by atoms with Crippen LogP contribution in [0.1, 0.15) is 5.56 Å². The summed E-state index contributed by atoms with van der Waals surface area (Å²) in [5.74, 6) is 0. The average molecular weight is 250 g/mol. The van der Waals surface area contributed by atoms with Gasteiger partial charge in [-0.25, -0.2) is 0 Å². The van der Waals surface area contributed by atoms with Crippen molar-refractivity contribution in [1.82, 2.24) is 4.90 Å². The molecular formula is C16H14N2O. The summed E-state index contributed by atoms with van der Waals surface area (Å²) in [5.41, 5.74) is 3.23. The number of hydrogen-bond donors (Lipinski definition) is 0. The van der Waals surface area contributed by atoms with E-state index in [1.54, 1.807) is 0 Å². The first-order chi connectivity index (χ1) is 9.42. The van der Waals surface area contributed by atoms with Gasteiger partial charge in [0.05, 0.1) is 12.9 Å². The van der Waals surface area contributed by atoms with Crippen LogP contribution >= 0.6 is 0 Å². The first kappa shape index (κ1) is 10.6. The molecule has 1 aliphatic heterocycles. The second-order valence-electron chi connectivity index (χ2n) is 4.88. The molecule has 0 atom stereocenters. The van der Waals surface area contributed by atoms with E-state index in [2.05, 4.69) is 34.2 Å². The summed E-state index contributed by atoms with van der Waals surface area (Å²) in [6, 6.07) is 14.5. The lowest BCUT2D eigenvalue weighted by atomic mass is 10.1. The van der Waals surface area contributed by atoms with Gasteiger partial charge in [-0.1, -0.05) is 30.3 Å². The van der Waals surface area contributed by atoms with Gasteiger partial charge in [0.15, 0.2) is 0 Å². The van der Waals surface area contributed by atoms with Gasteiger partial charge in [-0.2, -0.15) is 0 Å². The van der Waals surface area contributed by atoms with Gasteiger partial charge in [-0.3, -0.25) is 4.99 Å². The number of para-hydroxylation sites is 1. The molecule has 1 aliphatic rings. The number of rotatable bonds is 2. The van der Waals surface area contributed by atoms with Crippen molar-refractivity contribution in [1.29, 1.82) is 0 Å². The zero-order valence-corrected chi connectivity index (χ0v) is 10.5. The van der Waals surface area contributed by atoms with Crippen molar-refractivity contribution in [3.63, 3.8) is 0 Å². The van der Waals surface area contributed by atoms with E-state index < -0.39 is 0 Å². The molecule has 0 unspecified atom stereocenters. The second-order valence-corrected chi connectivity index (χ2v) is 4.88. The molecule has 0 saturated carbocycles. The fourth-order valence-corrected chi connectivity index (χ4v) is 2.74. The third kappa shape index (κ3) is 1.70. The second kappa shape index (κ2) is 4.12. The van der Waals surface area contributed by atoms with Crippen LogP contribution in [0.5, 0.6) is 0 Å². The Morgan fingerprint density at radius 1 is 1.05 bits per heavy atom. The maximum absolute atomic E-state index is 5.91. The Morgan fingerprint density at radius 2 is 1.95 bits per heavy atom. The van der Waals surface area contributed by atoms with Gasteiger partial charge in [-0.15, -0.1) is 0 Å². The molecule has 0 N–H and O–H groups in total. The van der Waals surface area contributed by atoms with Gasteiger partial charge in [0.25, 0.3) is 0 Å². The SMILES string of the molecule is C1=NCCN1Cc1cccc2oc3ccccc3c12. The van der Waals surface area contributed by atoms with E-state index >= 15 is 0 Å². The molecule has 0 radical (unpaired) electrons. The van der Waals surface area contributed by atoms with Crippen molar-refractivity contribution in [2.45, 2.75) is 6.54 Å². The molecule has 3 aromatic rings. The summed E-state index contributed by atoms with van der Waals surface area (Å²) < 4.78 is 5.91. The quantitative estimate of drug-likeness (QED) is 0.697. The standard InChI is InChI=1S/C16H14N2O/c1-2-6-14-13(5-1)16-12(4-3-7-15(16)19-14)10-18-9-8-17-11-18/h1-7,11H,8-10H2. The first-order valence-corrected chi connectivity index (χ1v) is 6.55. The fraction of sp³-hybridized carbons (Fsp3) is 0.188. The molecule has 3 heteroatoms. The van der Waals surface area contributed by atoms with Crippen molar-refractivity contribution in [2.24, 2.45) is 4.99 Å². The highest BCUT2D eigenvalue weighted by molar-refractivity contribution is 6.06. The van der Waals surface area contributed by atoms with Crippen LogP contribution in [0.3, 0.4) is 0 Å². The molecule has 2 heterocycles. The van der Waals surface area contributed by atoms with E-state index in [0.717, 1.165) is 30.8 Å². The Labute approximate surface area is 111 Å². The molecule has 1 aromatic heterocycles. The van der Waals surface area contributed by atoms with E-state index in [4.69, 9.17) is 4.42 Å². The van der Waals surface area contributed by atoms with E-state index in [1.165, 1.54) is 16.3 Å². The zero-order valence-electron chi connectivity index (χ0n) is 10.5. The highest BCUT2D eigenvalue weighted by Crippen LogP contribution is 2.31. The summed E-state index contributed by atoms with van der Waals surface area (Å²) in [4.78, 5) is 6.52. The van der Waals surface area contributed by atoms with Crippen LogP contribution in [-0.2, 0) is 6.54 Å².